The molecule has 6 heteroatoms. The molecule has 6 nitrogen and oxygen atoms in total. The summed E-state index contributed by atoms with van der Waals surface area (Å²) >= 11 is 0. The van der Waals surface area contributed by atoms with Crippen LogP contribution in [-0.2, 0) is 23.1 Å². The largest absolute Gasteiger partial charge is 0.481 e. The maximum atomic E-state index is 12.0. The second-order valence-electron chi connectivity index (χ2n) is 5.73. The normalized spacial score (nSPS) is 11.6. The molecule has 0 fully saturated rings. The van der Waals surface area contributed by atoms with Crippen LogP contribution < -0.4 is 5.32 Å². The number of carboxylic acid groups (broad SMARTS) is 1. The van der Waals surface area contributed by atoms with Crippen molar-refractivity contribution in [3.8, 4) is 0 Å². The van der Waals surface area contributed by atoms with Gasteiger partial charge >= 0.3 is 5.97 Å². The fourth-order valence-electron chi connectivity index (χ4n) is 2.03. The number of hydrogen-bond donors (Lipinski definition) is 2. The van der Waals surface area contributed by atoms with Gasteiger partial charge in [0.1, 0.15) is 0 Å². The van der Waals surface area contributed by atoms with Gasteiger partial charge in [0, 0.05) is 19.0 Å². The number of nitrogens with zero attached hydrogens (tertiary/aromatic N) is 2. The van der Waals surface area contributed by atoms with Gasteiger partial charge in [0.25, 0.3) is 0 Å². The minimum atomic E-state index is -0.984. The minimum absolute atomic E-state index is 0.0892. The van der Waals surface area contributed by atoms with Crippen LogP contribution in [0.3, 0.4) is 0 Å². The summed E-state index contributed by atoms with van der Waals surface area (Å²) in [6.45, 7) is 3.24. The Hall–Kier alpha value is -2.37. The van der Waals surface area contributed by atoms with E-state index in [4.69, 9.17) is 5.11 Å². The molecule has 112 valence electrons. The lowest BCUT2D eigenvalue weighted by atomic mass is 9.94. The number of hydrogen-bond acceptors (Lipinski definition) is 3. The van der Waals surface area contributed by atoms with E-state index in [9.17, 15) is 9.59 Å². The molecule has 0 aliphatic heterocycles. The smallest absolute Gasteiger partial charge is 0.310 e. The van der Waals surface area contributed by atoms with Gasteiger partial charge in [-0.3, -0.25) is 14.3 Å². The van der Waals surface area contributed by atoms with Crippen LogP contribution in [0.1, 0.15) is 19.5 Å². The number of aliphatic carboxylic acids is 1. The van der Waals surface area contributed by atoms with Crippen molar-refractivity contribution in [1.29, 1.82) is 0 Å². The Morgan fingerprint density at radius 3 is 2.67 bits per heavy atom. The van der Waals surface area contributed by atoms with Crippen molar-refractivity contribution in [2.24, 2.45) is 12.5 Å². The Bertz CT molecular complexity index is 689. The van der Waals surface area contributed by atoms with Gasteiger partial charge in [0.15, 0.2) is 0 Å². The predicted molar refractivity (Wildman–Crippen MR) is 78.8 cm³/mol. The standard InChI is InChI=1S/C15H19N3O3/c1-15(2,14(20)21)9-16-13(19)8-11-10-6-4-5-7-12(10)18(3)17-11/h4-7H,8-9H2,1-3H3,(H,16,19)(H,20,21). The van der Waals surface area contributed by atoms with Gasteiger partial charge in [0.05, 0.1) is 23.0 Å². The van der Waals surface area contributed by atoms with Gasteiger partial charge in [0.2, 0.25) is 5.91 Å². The number of aromatic nitrogens is 2. The van der Waals surface area contributed by atoms with E-state index < -0.39 is 11.4 Å². The topological polar surface area (TPSA) is 84.2 Å². The van der Waals surface area contributed by atoms with Crippen molar-refractivity contribution in [2.45, 2.75) is 20.3 Å². The fraction of sp³-hybridized carbons (Fsp3) is 0.400. The molecular weight excluding hydrogens is 270 g/mol. The van der Waals surface area contributed by atoms with E-state index in [1.807, 2.05) is 31.3 Å². The summed E-state index contributed by atoms with van der Waals surface area (Å²) in [7, 11) is 1.83. The van der Waals surface area contributed by atoms with Crippen LogP contribution in [0, 0.1) is 5.41 Å². The van der Waals surface area contributed by atoms with E-state index >= 15 is 0 Å². The van der Waals surface area contributed by atoms with Gasteiger partial charge < -0.3 is 10.4 Å². The van der Waals surface area contributed by atoms with Crippen LogP contribution in [-0.4, -0.2) is 33.3 Å². The summed E-state index contributed by atoms with van der Waals surface area (Å²) in [5.41, 5.74) is 0.673. The van der Waals surface area contributed by atoms with E-state index in [1.165, 1.54) is 0 Å². The second-order valence-corrected chi connectivity index (χ2v) is 5.73. The number of amides is 1. The van der Waals surface area contributed by atoms with Gasteiger partial charge in [-0.1, -0.05) is 18.2 Å². The number of rotatable bonds is 5. The summed E-state index contributed by atoms with van der Waals surface area (Å²) in [5.74, 6) is -1.17. The van der Waals surface area contributed by atoms with Crippen LogP contribution in [0.25, 0.3) is 10.9 Å². The maximum absolute atomic E-state index is 12.0. The van der Waals surface area contributed by atoms with E-state index in [0.717, 1.165) is 10.9 Å². The summed E-state index contributed by atoms with van der Waals surface area (Å²) in [6, 6.07) is 7.69. The highest BCUT2D eigenvalue weighted by Crippen LogP contribution is 2.18. The molecule has 1 aromatic heterocycles. The molecule has 0 saturated carbocycles. The van der Waals surface area contributed by atoms with Crippen LogP contribution in [0.15, 0.2) is 24.3 Å². The Balaban J connectivity index is 2.07. The molecule has 0 spiro atoms. The quantitative estimate of drug-likeness (QED) is 0.870. The average molecular weight is 289 g/mol. The minimum Gasteiger partial charge on any atom is -0.481 e. The van der Waals surface area contributed by atoms with E-state index in [1.54, 1.807) is 18.5 Å². The summed E-state index contributed by atoms with van der Waals surface area (Å²) < 4.78 is 1.74. The molecule has 1 amide bonds. The lowest BCUT2D eigenvalue weighted by Gasteiger charge is -2.19. The fourth-order valence-corrected chi connectivity index (χ4v) is 2.03. The van der Waals surface area contributed by atoms with E-state index in [2.05, 4.69) is 10.4 Å². The molecule has 0 aliphatic carbocycles. The highest BCUT2D eigenvalue weighted by molar-refractivity contribution is 5.88. The number of carbonyl (C=O) groups is 2. The number of nitrogens with one attached hydrogen (secondary N) is 1. The maximum Gasteiger partial charge on any atom is 0.310 e. The number of aryl methyl sites for hydroxylation is 1. The van der Waals surface area contributed by atoms with Crippen LogP contribution in [0.5, 0.6) is 0 Å². The molecule has 2 N–H and O–H groups in total. The zero-order valence-electron chi connectivity index (χ0n) is 12.4. The first-order valence-electron chi connectivity index (χ1n) is 6.72. The highest BCUT2D eigenvalue weighted by atomic mass is 16.4. The van der Waals surface area contributed by atoms with Crippen molar-refractivity contribution in [3.63, 3.8) is 0 Å². The van der Waals surface area contributed by atoms with Crippen LogP contribution in [0.4, 0.5) is 0 Å². The number of carbonyl (C=O) groups excluding carboxylic acids is 1. The first kappa shape index (κ1) is 15.0. The molecule has 1 aromatic carbocycles. The third-order valence-corrected chi connectivity index (χ3v) is 3.47. The third kappa shape index (κ3) is 3.21. The molecule has 1 heterocycles. The lowest BCUT2D eigenvalue weighted by Crippen LogP contribution is -2.39. The zero-order valence-corrected chi connectivity index (χ0v) is 12.4. The van der Waals surface area contributed by atoms with Gasteiger partial charge in [-0.25, -0.2) is 0 Å². The first-order chi connectivity index (χ1) is 9.81. The van der Waals surface area contributed by atoms with E-state index in [0.29, 0.717) is 5.69 Å². The van der Waals surface area contributed by atoms with Gasteiger partial charge in [-0.2, -0.15) is 5.10 Å². The van der Waals surface area contributed by atoms with E-state index in [-0.39, 0.29) is 18.9 Å². The predicted octanol–water partition coefficient (Wildman–Crippen LogP) is 1.34. The van der Waals surface area contributed by atoms with Crippen LogP contribution in [0.2, 0.25) is 0 Å². The molecule has 0 saturated heterocycles. The Morgan fingerprint density at radius 1 is 1.33 bits per heavy atom. The molecule has 21 heavy (non-hydrogen) atoms. The molecule has 0 atom stereocenters. The first-order valence-corrected chi connectivity index (χ1v) is 6.72. The molecule has 0 radical (unpaired) electrons. The monoisotopic (exact) mass is 289 g/mol. The van der Waals surface area contributed by atoms with Crippen molar-refractivity contribution < 1.29 is 14.7 Å². The molecule has 2 rings (SSSR count). The summed E-state index contributed by atoms with van der Waals surface area (Å²) in [6.07, 6.45) is 0.136. The highest BCUT2D eigenvalue weighted by Gasteiger charge is 2.27. The molecule has 2 aromatic rings. The molecule has 0 aliphatic rings. The molecule has 0 unspecified atom stereocenters. The Morgan fingerprint density at radius 2 is 2.00 bits per heavy atom. The average Bonchev–Trinajstić information content (AvgIpc) is 2.74. The van der Waals surface area contributed by atoms with Crippen molar-refractivity contribution >= 4 is 22.8 Å². The van der Waals surface area contributed by atoms with Gasteiger partial charge in [-0.15, -0.1) is 0 Å². The summed E-state index contributed by atoms with van der Waals surface area (Å²) in [4.78, 5) is 23.0. The SMILES string of the molecule is Cn1nc(CC(=O)NCC(C)(C)C(=O)O)c2ccccc21. The number of carboxylic acids is 1. The molecule has 0 bridgehead atoms. The lowest BCUT2D eigenvalue weighted by molar-refractivity contribution is -0.146. The van der Waals surface area contributed by atoms with Crippen LogP contribution >= 0.6 is 0 Å². The van der Waals surface area contributed by atoms with Crippen molar-refractivity contribution in [3.05, 3.63) is 30.0 Å². The third-order valence-electron chi connectivity index (χ3n) is 3.47. The van der Waals surface area contributed by atoms with Gasteiger partial charge in [-0.05, 0) is 19.9 Å². The number of para-hydroxylation sites is 1. The molecular formula is C15H19N3O3. The number of fused-ring (bicyclic) bond motifs is 1. The number of benzene rings is 1. The Kier molecular flexibility index (Phi) is 3.97. The second kappa shape index (κ2) is 5.55. The summed E-state index contributed by atoms with van der Waals surface area (Å²) in [5, 5.41) is 17.0. The van der Waals surface area contributed by atoms with Crippen molar-refractivity contribution in [1.82, 2.24) is 15.1 Å². The Labute approximate surface area is 122 Å². The zero-order chi connectivity index (χ0) is 15.6. The van der Waals surface area contributed by atoms with Crippen molar-refractivity contribution in [2.75, 3.05) is 6.54 Å².